The predicted molar refractivity (Wildman–Crippen MR) is 180 cm³/mol. The number of nitrogens with zero attached hydrogens (tertiary/aromatic N) is 1. The van der Waals surface area contributed by atoms with Gasteiger partial charge in [0.05, 0.1) is 5.69 Å². The summed E-state index contributed by atoms with van der Waals surface area (Å²) in [6.07, 6.45) is -0.289. The number of aliphatic imine (C=N–C) groups is 1. The Morgan fingerprint density at radius 2 is 1.25 bits per heavy atom. The third-order valence-corrected chi connectivity index (χ3v) is 9.07. The zero-order valence-corrected chi connectivity index (χ0v) is 23.5. The van der Waals surface area contributed by atoms with Gasteiger partial charge in [0.25, 0.3) is 0 Å². The Bertz CT molecular complexity index is 2570. The van der Waals surface area contributed by atoms with E-state index < -0.39 is 0 Å². The van der Waals surface area contributed by atoms with Gasteiger partial charge in [0.15, 0.2) is 5.76 Å². The fourth-order valence-electron chi connectivity index (χ4n) is 7.07. The summed E-state index contributed by atoms with van der Waals surface area (Å²) in [5.74, 6) is 0.726. The molecule has 206 valence electrons. The van der Waals surface area contributed by atoms with Crippen LogP contribution in [0.15, 0.2) is 147 Å². The standard InChI is InChI=1S/C40H24N2O2/c1-3-10-23(11-4-1)25-18-21-32-31(22-25)37-39(43-32)36(41-40(42-37)24-12-5-2-6-13-24)30-20-19-29-27-15-8-7-14-26(27)28-16-9-17-33-34(28)35(29)38(30)44-33/h1-22,40,42H. The highest BCUT2D eigenvalue weighted by Crippen LogP contribution is 2.46. The molecule has 1 atom stereocenters. The van der Waals surface area contributed by atoms with Gasteiger partial charge in [-0.3, -0.25) is 4.99 Å². The molecule has 0 aliphatic carbocycles. The molecule has 0 amide bonds. The van der Waals surface area contributed by atoms with Crippen molar-refractivity contribution in [3.63, 3.8) is 0 Å². The third-order valence-electron chi connectivity index (χ3n) is 9.07. The van der Waals surface area contributed by atoms with E-state index in [1.54, 1.807) is 0 Å². The Labute approximate surface area is 252 Å². The van der Waals surface area contributed by atoms with Gasteiger partial charge in [-0.15, -0.1) is 0 Å². The second kappa shape index (κ2) is 8.82. The molecule has 9 aromatic rings. The van der Waals surface area contributed by atoms with Crippen molar-refractivity contribution in [2.75, 3.05) is 5.32 Å². The summed E-state index contributed by atoms with van der Waals surface area (Å²) >= 11 is 0. The Morgan fingerprint density at radius 1 is 0.523 bits per heavy atom. The van der Waals surface area contributed by atoms with E-state index in [1.165, 1.54) is 27.1 Å². The number of hydrogen-bond acceptors (Lipinski definition) is 4. The van der Waals surface area contributed by atoms with Crippen LogP contribution >= 0.6 is 0 Å². The number of hydrogen-bond donors (Lipinski definition) is 1. The first kappa shape index (κ1) is 23.7. The number of anilines is 1. The molecule has 44 heavy (non-hydrogen) atoms. The fraction of sp³-hybridized carbons (Fsp3) is 0.0250. The highest BCUT2D eigenvalue weighted by Gasteiger charge is 2.31. The topological polar surface area (TPSA) is 50.7 Å². The largest absolute Gasteiger partial charge is 0.455 e. The van der Waals surface area contributed by atoms with Crippen LogP contribution in [0, 0.1) is 0 Å². The minimum absolute atomic E-state index is 0.289. The van der Waals surface area contributed by atoms with E-state index >= 15 is 0 Å². The fourth-order valence-corrected chi connectivity index (χ4v) is 7.07. The molecule has 0 saturated heterocycles. The minimum Gasteiger partial charge on any atom is -0.455 e. The Hall–Kier alpha value is -5.87. The number of benzene rings is 7. The predicted octanol–water partition coefficient (Wildman–Crippen LogP) is 10.7. The molecule has 0 saturated carbocycles. The number of fused-ring (bicyclic) bond motifs is 6. The quantitative estimate of drug-likeness (QED) is 0.217. The van der Waals surface area contributed by atoms with Crippen molar-refractivity contribution in [2.24, 2.45) is 4.99 Å². The molecule has 3 heterocycles. The molecule has 0 spiro atoms. The molecule has 10 rings (SSSR count). The van der Waals surface area contributed by atoms with E-state index in [9.17, 15) is 0 Å². The molecule has 0 radical (unpaired) electrons. The maximum atomic E-state index is 6.73. The van der Waals surface area contributed by atoms with Gasteiger partial charge in [-0.2, -0.15) is 0 Å². The van der Waals surface area contributed by atoms with E-state index in [2.05, 4.69) is 127 Å². The van der Waals surface area contributed by atoms with Gasteiger partial charge in [0.2, 0.25) is 0 Å². The molecular weight excluding hydrogens is 540 g/mol. The Balaban J connectivity index is 1.27. The summed E-state index contributed by atoms with van der Waals surface area (Å²) in [4.78, 5) is 5.33. The Morgan fingerprint density at radius 3 is 2.07 bits per heavy atom. The average molecular weight is 565 g/mol. The van der Waals surface area contributed by atoms with Crippen LogP contribution in [0.25, 0.3) is 65.6 Å². The van der Waals surface area contributed by atoms with Crippen molar-refractivity contribution >= 4 is 65.9 Å². The van der Waals surface area contributed by atoms with Crippen molar-refractivity contribution in [3.8, 4) is 11.1 Å². The smallest absolute Gasteiger partial charge is 0.177 e. The van der Waals surface area contributed by atoms with Gasteiger partial charge in [0.1, 0.15) is 28.6 Å². The van der Waals surface area contributed by atoms with Crippen molar-refractivity contribution in [3.05, 3.63) is 150 Å². The van der Waals surface area contributed by atoms with Crippen LogP contribution in [0.4, 0.5) is 5.69 Å². The van der Waals surface area contributed by atoms with Gasteiger partial charge in [-0.1, -0.05) is 109 Å². The van der Waals surface area contributed by atoms with Crippen LogP contribution in [-0.2, 0) is 0 Å². The summed E-state index contributed by atoms with van der Waals surface area (Å²) in [5.41, 5.74) is 8.59. The Kier molecular flexibility index (Phi) is 4.74. The molecule has 1 aliphatic rings. The van der Waals surface area contributed by atoms with E-state index in [0.29, 0.717) is 0 Å². The summed E-state index contributed by atoms with van der Waals surface area (Å²) in [5, 5.41) is 11.9. The maximum absolute atomic E-state index is 6.73. The van der Waals surface area contributed by atoms with Gasteiger partial charge in [0, 0.05) is 21.7 Å². The average Bonchev–Trinajstić information content (AvgIpc) is 3.67. The number of nitrogens with one attached hydrogen (secondary N) is 1. The second-order valence-electron chi connectivity index (χ2n) is 11.5. The van der Waals surface area contributed by atoms with Crippen LogP contribution < -0.4 is 5.32 Å². The van der Waals surface area contributed by atoms with E-state index in [-0.39, 0.29) is 6.17 Å². The highest BCUT2D eigenvalue weighted by atomic mass is 16.3. The summed E-state index contributed by atoms with van der Waals surface area (Å²) in [7, 11) is 0. The van der Waals surface area contributed by atoms with Crippen LogP contribution in [0.2, 0.25) is 0 Å². The van der Waals surface area contributed by atoms with Gasteiger partial charge in [-0.25, -0.2) is 0 Å². The number of furan rings is 2. The monoisotopic (exact) mass is 564 g/mol. The summed E-state index contributed by atoms with van der Waals surface area (Å²) in [6, 6.07) is 46.6. The van der Waals surface area contributed by atoms with E-state index in [0.717, 1.165) is 66.8 Å². The first-order chi connectivity index (χ1) is 21.8. The lowest BCUT2D eigenvalue weighted by Crippen LogP contribution is -2.19. The van der Waals surface area contributed by atoms with Gasteiger partial charge >= 0.3 is 0 Å². The molecular formula is C40H24N2O2. The van der Waals surface area contributed by atoms with Crippen LogP contribution in [0.5, 0.6) is 0 Å². The minimum atomic E-state index is -0.289. The van der Waals surface area contributed by atoms with Gasteiger partial charge in [-0.05, 0) is 62.5 Å². The molecule has 7 aromatic carbocycles. The SMILES string of the molecule is c1ccc(-c2ccc3oc4c(c3c2)NC(c2ccccc2)N=C4c2ccc3c4ccccc4c4cccc5oc2c3c54)cc1. The number of rotatable bonds is 3. The lowest BCUT2D eigenvalue weighted by Gasteiger charge is -2.23. The highest BCUT2D eigenvalue weighted by molar-refractivity contribution is 6.36. The first-order valence-corrected chi connectivity index (χ1v) is 14.9. The van der Waals surface area contributed by atoms with E-state index in [4.69, 9.17) is 13.8 Å². The molecule has 1 N–H and O–H groups in total. The molecule has 0 fully saturated rings. The normalized spacial score (nSPS) is 14.9. The zero-order chi connectivity index (χ0) is 28.8. The maximum Gasteiger partial charge on any atom is 0.177 e. The van der Waals surface area contributed by atoms with Crippen LogP contribution in [-0.4, -0.2) is 5.71 Å². The first-order valence-electron chi connectivity index (χ1n) is 14.9. The molecule has 4 nitrogen and oxygen atoms in total. The lowest BCUT2D eigenvalue weighted by molar-refractivity contribution is 0.599. The van der Waals surface area contributed by atoms with Crippen molar-refractivity contribution in [1.82, 2.24) is 0 Å². The van der Waals surface area contributed by atoms with Crippen molar-refractivity contribution < 1.29 is 8.83 Å². The summed E-state index contributed by atoms with van der Waals surface area (Å²) in [6.45, 7) is 0. The molecule has 2 aromatic heterocycles. The van der Waals surface area contributed by atoms with E-state index in [1.807, 2.05) is 12.1 Å². The zero-order valence-electron chi connectivity index (χ0n) is 23.5. The molecule has 0 bridgehead atoms. The lowest BCUT2D eigenvalue weighted by atomic mass is 9.92. The second-order valence-corrected chi connectivity index (χ2v) is 11.5. The molecule has 1 unspecified atom stereocenters. The molecule has 4 heteroatoms. The third kappa shape index (κ3) is 3.25. The summed E-state index contributed by atoms with van der Waals surface area (Å²) < 4.78 is 13.4. The van der Waals surface area contributed by atoms with Crippen LogP contribution in [0.1, 0.15) is 23.1 Å². The molecule has 1 aliphatic heterocycles. The van der Waals surface area contributed by atoms with Crippen molar-refractivity contribution in [1.29, 1.82) is 0 Å². The van der Waals surface area contributed by atoms with Crippen molar-refractivity contribution in [2.45, 2.75) is 6.17 Å². The van der Waals surface area contributed by atoms with Crippen LogP contribution in [0.3, 0.4) is 0 Å². The van der Waals surface area contributed by atoms with Gasteiger partial charge < -0.3 is 14.2 Å².